The fraction of sp³-hybridized carbons (Fsp3) is 0.619. The number of amides is 2. The van der Waals surface area contributed by atoms with Gasteiger partial charge in [0.25, 0.3) is 0 Å². The van der Waals surface area contributed by atoms with Gasteiger partial charge in [-0.05, 0) is 56.0 Å². The molecule has 3 rings (SSSR count). The Balaban J connectivity index is 1.40. The molecule has 0 saturated carbocycles. The quantitative estimate of drug-likeness (QED) is 0.824. The molecule has 0 aromatic heterocycles. The number of piperidine rings is 1. The van der Waals surface area contributed by atoms with Crippen molar-refractivity contribution in [3.8, 4) is 5.75 Å². The molecular weight excluding hydrogens is 342 g/mol. The van der Waals surface area contributed by atoms with E-state index in [4.69, 9.17) is 4.74 Å². The largest absolute Gasteiger partial charge is 0.497 e. The van der Waals surface area contributed by atoms with Gasteiger partial charge in [0.1, 0.15) is 5.75 Å². The van der Waals surface area contributed by atoms with Crippen LogP contribution in [0.3, 0.4) is 0 Å². The van der Waals surface area contributed by atoms with E-state index in [0.29, 0.717) is 44.9 Å². The zero-order valence-electron chi connectivity index (χ0n) is 16.3. The first kappa shape index (κ1) is 19.7. The molecule has 1 N–H and O–H groups in total. The zero-order chi connectivity index (χ0) is 19.1. The molecule has 0 aliphatic carbocycles. The van der Waals surface area contributed by atoms with Crippen LogP contribution in [0.4, 0.5) is 0 Å². The number of carbonyl (C=O) groups excluding carboxylic acids is 2. The van der Waals surface area contributed by atoms with E-state index >= 15 is 0 Å². The summed E-state index contributed by atoms with van der Waals surface area (Å²) in [7, 11) is 1.63. The van der Waals surface area contributed by atoms with E-state index in [9.17, 15) is 9.59 Å². The van der Waals surface area contributed by atoms with Gasteiger partial charge in [-0.25, -0.2) is 0 Å². The highest BCUT2D eigenvalue weighted by atomic mass is 16.5. The first-order valence-electron chi connectivity index (χ1n) is 10.0. The van der Waals surface area contributed by atoms with Crippen molar-refractivity contribution in [2.45, 2.75) is 32.1 Å². The highest BCUT2D eigenvalue weighted by Gasteiger charge is 2.25. The molecule has 2 fully saturated rings. The molecule has 0 radical (unpaired) electrons. The molecule has 0 spiro atoms. The van der Waals surface area contributed by atoms with E-state index in [2.05, 4.69) is 5.32 Å². The second-order valence-electron chi connectivity index (χ2n) is 7.52. The predicted molar refractivity (Wildman–Crippen MR) is 105 cm³/mol. The molecule has 2 amide bonds. The average Bonchev–Trinajstić information content (AvgIpc) is 2.73. The highest BCUT2D eigenvalue weighted by Crippen LogP contribution is 2.19. The van der Waals surface area contributed by atoms with E-state index < -0.39 is 0 Å². The van der Waals surface area contributed by atoms with Crippen LogP contribution < -0.4 is 10.1 Å². The Morgan fingerprint density at radius 1 is 1.07 bits per heavy atom. The fourth-order valence-corrected chi connectivity index (χ4v) is 3.93. The van der Waals surface area contributed by atoms with Gasteiger partial charge in [-0.15, -0.1) is 0 Å². The van der Waals surface area contributed by atoms with Crippen LogP contribution in [0.25, 0.3) is 0 Å². The third kappa shape index (κ3) is 5.70. The molecule has 148 valence electrons. The summed E-state index contributed by atoms with van der Waals surface area (Å²) in [4.78, 5) is 28.8. The van der Waals surface area contributed by atoms with Gasteiger partial charge >= 0.3 is 0 Å². The van der Waals surface area contributed by atoms with Gasteiger partial charge in [-0.2, -0.15) is 0 Å². The lowest BCUT2D eigenvalue weighted by molar-refractivity contribution is -0.139. The number of nitrogens with one attached hydrogen (secondary N) is 1. The normalized spacial score (nSPS) is 18.4. The number of ether oxygens (including phenoxy) is 1. The van der Waals surface area contributed by atoms with Crippen LogP contribution in [-0.4, -0.2) is 68.0 Å². The molecule has 0 bridgehead atoms. The maximum absolute atomic E-state index is 12.6. The van der Waals surface area contributed by atoms with Crippen molar-refractivity contribution in [2.75, 3.05) is 46.4 Å². The molecule has 6 nitrogen and oxygen atoms in total. The zero-order valence-corrected chi connectivity index (χ0v) is 16.3. The summed E-state index contributed by atoms with van der Waals surface area (Å²) in [5.74, 6) is 1.81. The van der Waals surface area contributed by atoms with Crippen LogP contribution >= 0.6 is 0 Å². The summed E-state index contributed by atoms with van der Waals surface area (Å²) in [6, 6.07) is 7.63. The van der Waals surface area contributed by atoms with Gasteiger partial charge < -0.3 is 19.9 Å². The minimum absolute atomic E-state index is 0.116. The number of methoxy groups -OCH3 is 1. The monoisotopic (exact) mass is 373 g/mol. The second-order valence-corrected chi connectivity index (χ2v) is 7.52. The van der Waals surface area contributed by atoms with Crippen molar-refractivity contribution in [2.24, 2.45) is 5.92 Å². The molecule has 2 aliphatic rings. The molecule has 2 saturated heterocycles. The number of nitrogens with zero attached hydrogens (tertiary/aromatic N) is 2. The highest BCUT2D eigenvalue weighted by molar-refractivity contribution is 5.80. The van der Waals surface area contributed by atoms with Gasteiger partial charge in [0.2, 0.25) is 11.8 Å². The summed E-state index contributed by atoms with van der Waals surface area (Å²) < 4.78 is 5.22. The van der Waals surface area contributed by atoms with Crippen LogP contribution in [0.2, 0.25) is 0 Å². The number of rotatable bonds is 6. The lowest BCUT2D eigenvalue weighted by atomic mass is 9.93. The summed E-state index contributed by atoms with van der Waals surface area (Å²) in [5, 5.41) is 3.37. The van der Waals surface area contributed by atoms with Gasteiger partial charge in [-0.3, -0.25) is 9.59 Å². The fourth-order valence-electron chi connectivity index (χ4n) is 3.93. The third-order valence-corrected chi connectivity index (χ3v) is 5.70. The lowest BCUT2D eigenvalue weighted by Gasteiger charge is -2.35. The van der Waals surface area contributed by atoms with Crippen LogP contribution in [0.15, 0.2) is 24.3 Å². The number of piperazine rings is 1. The number of hydrogen-bond donors (Lipinski definition) is 1. The molecule has 0 atom stereocenters. The molecule has 27 heavy (non-hydrogen) atoms. The molecule has 2 aliphatic heterocycles. The minimum Gasteiger partial charge on any atom is -0.497 e. The maximum atomic E-state index is 12.6. The number of hydrogen-bond acceptors (Lipinski definition) is 4. The Hall–Kier alpha value is -2.08. The van der Waals surface area contributed by atoms with Crippen molar-refractivity contribution in [3.63, 3.8) is 0 Å². The van der Waals surface area contributed by atoms with Crippen LogP contribution in [-0.2, 0) is 16.0 Å². The maximum Gasteiger partial charge on any atom is 0.227 e. The molecule has 2 heterocycles. The Labute approximate surface area is 161 Å². The Kier molecular flexibility index (Phi) is 7.10. The number of benzene rings is 1. The molecule has 6 heteroatoms. The smallest absolute Gasteiger partial charge is 0.227 e. The van der Waals surface area contributed by atoms with Crippen LogP contribution in [0, 0.1) is 5.92 Å². The van der Waals surface area contributed by atoms with Crippen LogP contribution in [0.5, 0.6) is 5.75 Å². The van der Waals surface area contributed by atoms with E-state index in [1.54, 1.807) is 7.11 Å². The van der Waals surface area contributed by atoms with Crippen molar-refractivity contribution in [1.29, 1.82) is 0 Å². The van der Waals surface area contributed by atoms with E-state index in [1.165, 1.54) is 12.8 Å². The summed E-state index contributed by atoms with van der Waals surface area (Å²) >= 11 is 0. The molecular formula is C21H31N3O3. The first-order valence-corrected chi connectivity index (χ1v) is 10.0. The Morgan fingerprint density at radius 3 is 2.41 bits per heavy atom. The van der Waals surface area contributed by atoms with Gasteiger partial charge in [-0.1, -0.05) is 12.1 Å². The predicted octanol–water partition coefficient (Wildman–Crippen LogP) is 1.69. The Bertz CT molecular complexity index is 635. The molecule has 0 unspecified atom stereocenters. The summed E-state index contributed by atoms with van der Waals surface area (Å²) in [5.41, 5.74) is 0.958. The van der Waals surface area contributed by atoms with Crippen LogP contribution in [0.1, 0.15) is 31.2 Å². The molecule has 1 aromatic carbocycles. The van der Waals surface area contributed by atoms with E-state index in [0.717, 1.165) is 30.8 Å². The average molecular weight is 373 g/mol. The Morgan fingerprint density at radius 2 is 1.74 bits per heavy atom. The summed E-state index contributed by atoms with van der Waals surface area (Å²) in [6.45, 7) is 4.70. The van der Waals surface area contributed by atoms with Crippen molar-refractivity contribution in [3.05, 3.63) is 29.8 Å². The third-order valence-electron chi connectivity index (χ3n) is 5.70. The summed E-state index contributed by atoms with van der Waals surface area (Å²) in [6.07, 6.45) is 4.37. The van der Waals surface area contributed by atoms with Gasteiger partial charge in [0.15, 0.2) is 0 Å². The minimum atomic E-state index is 0.116. The molecule has 1 aromatic rings. The van der Waals surface area contributed by atoms with Gasteiger partial charge in [0.05, 0.1) is 13.5 Å². The van der Waals surface area contributed by atoms with E-state index in [1.807, 2.05) is 34.1 Å². The standard InChI is InChI=1S/C21H31N3O3/c1-27-19-4-2-3-18(15-19)16-21(26)24-13-11-23(12-14-24)20(25)6-5-17-7-9-22-10-8-17/h2-4,15,17,22H,5-14,16H2,1H3. The topological polar surface area (TPSA) is 61.9 Å². The number of carbonyl (C=O) groups is 2. The van der Waals surface area contributed by atoms with Crippen molar-refractivity contribution >= 4 is 11.8 Å². The second kappa shape index (κ2) is 9.74. The SMILES string of the molecule is COc1cccc(CC(=O)N2CCN(C(=O)CCC3CCNCC3)CC2)c1. The van der Waals surface area contributed by atoms with Crippen molar-refractivity contribution < 1.29 is 14.3 Å². The first-order chi connectivity index (χ1) is 13.2. The van der Waals surface area contributed by atoms with E-state index in [-0.39, 0.29) is 11.8 Å². The van der Waals surface area contributed by atoms with Crippen molar-refractivity contribution in [1.82, 2.24) is 15.1 Å². The lowest BCUT2D eigenvalue weighted by Crippen LogP contribution is -2.51. The van der Waals surface area contributed by atoms with Gasteiger partial charge in [0, 0.05) is 32.6 Å².